The summed E-state index contributed by atoms with van der Waals surface area (Å²) in [4.78, 5) is 33.0. The molecule has 3 fully saturated rings. The molecule has 0 bridgehead atoms. The maximum absolute atomic E-state index is 13.6. The molecule has 1 amide bonds. The van der Waals surface area contributed by atoms with Gasteiger partial charge in [0.1, 0.15) is 17.7 Å². The fourth-order valence-corrected chi connectivity index (χ4v) is 6.36. The molecule has 2 aromatic carbocycles. The van der Waals surface area contributed by atoms with Crippen molar-refractivity contribution in [3.63, 3.8) is 0 Å². The summed E-state index contributed by atoms with van der Waals surface area (Å²) in [6, 6.07) is 7.51. The molecule has 0 radical (unpaired) electrons. The van der Waals surface area contributed by atoms with Crippen LogP contribution in [-0.4, -0.2) is 53.3 Å². The number of anilines is 1. The second-order valence-electron chi connectivity index (χ2n) is 12.2. The molecule has 1 aliphatic carbocycles. The molecule has 4 atom stereocenters. The van der Waals surface area contributed by atoms with Crippen molar-refractivity contribution in [2.75, 3.05) is 25.1 Å². The van der Waals surface area contributed by atoms with Crippen molar-refractivity contribution in [2.24, 2.45) is 5.92 Å². The number of aromatic nitrogens is 1. The molecule has 1 aromatic heterocycles. The molecular weight excluding hydrogens is 632 g/mol. The van der Waals surface area contributed by atoms with Crippen molar-refractivity contribution >= 4 is 17.9 Å². The molecule has 3 heterocycles. The van der Waals surface area contributed by atoms with Crippen LogP contribution in [-0.2, 0) is 28.4 Å². The van der Waals surface area contributed by atoms with Gasteiger partial charge >= 0.3 is 24.4 Å². The van der Waals surface area contributed by atoms with Gasteiger partial charge in [-0.1, -0.05) is 6.07 Å². The van der Waals surface area contributed by atoms with Crippen LogP contribution in [0.5, 0.6) is 5.75 Å². The molecular formula is C33H31F6N3O5. The SMILES string of the molecule is COc1ccc([C@@H]2C[C@H]2C(=O)O)cc1-c1c(C)cc(N2CCC2)nc1CN1C(=O)O[C@H](c2cc(C(F)(F)F)cc(C(F)(F)F)c2)[C@@H]1C. The van der Waals surface area contributed by atoms with Crippen molar-refractivity contribution in [3.8, 4) is 16.9 Å². The van der Waals surface area contributed by atoms with E-state index in [0.717, 1.165) is 30.6 Å². The normalized spacial score (nSPS) is 22.6. The summed E-state index contributed by atoms with van der Waals surface area (Å²) >= 11 is 0. The second-order valence-corrected chi connectivity index (χ2v) is 12.2. The summed E-state index contributed by atoms with van der Waals surface area (Å²) in [7, 11) is 1.49. The van der Waals surface area contributed by atoms with Gasteiger partial charge in [-0.15, -0.1) is 0 Å². The number of benzene rings is 2. The van der Waals surface area contributed by atoms with Crippen molar-refractivity contribution in [3.05, 3.63) is 76.0 Å². The van der Waals surface area contributed by atoms with Gasteiger partial charge < -0.3 is 19.5 Å². The number of amides is 1. The van der Waals surface area contributed by atoms with Gasteiger partial charge in [-0.2, -0.15) is 26.3 Å². The van der Waals surface area contributed by atoms with Crippen molar-refractivity contribution in [2.45, 2.75) is 63.7 Å². The summed E-state index contributed by atoms with van der Waals surface area (Å²) < 4.78 is 92.8. The summed E-state index contributed by atoms with van der Waals surface area (Å²) in [5, 5.41) is 9.49. The molecule has 1 N–H and O–H groups in total. The molecule has 250 valence electrons. The maximum Gasteiger partial charge on any atom is 0.416 e. The van der Waals surface area contributed by atoms with Crippen LogP contribution in [0.4, 0.5) is 37.0 Å². The molecule has 1 saturated carbocycles. The van der Waals surface area contributed by atoms with E-state index in [9.17, 15) is 41.0 Å². The fraction of sp³-hybridized carbons (Fsp3) is 0.424. The zero-order valence-electron chi connectivity index (χ0n) is 25.6. The van der Waals surface area contributed by atoms with Crippen LogP contribution in [0.3, 0.4) is 0 Å². The number of aryl methyl sites for hydroxylation is 1. The molecule has 2 saturated heterocycles. The van der Waals surface area contributed by atoms with Crippen LogP contribution in [0, 0.1) is 12.8 Å². The van der Waals surface area contributed by atoms with Crippen LogP contribution in [0.15, 0.2) is 42.5 Å². The Bertz CT molecular complexity index is 1710. The number of ether oxygens (including phenoxy) is 2. The minimum atomic E-state index is -5.06. The summed E-state index contributed by atoms with van der Waals surface area (Å²) in [6.45, 7) is 4.72. The molecule has 0 unspecified atom stereocenters. The monoisotopic (exact) mass is 663 g/mol. The van der Waals surface area contributed by atoms with Gasteiger partial charge in [-0.3, -0.25) is 9.69 Å². The van der Waals surface area contributed by atoms with Crippen LogP contribution in [0.1, 0.15) is 65.3 Å². The highest BCUT2D eigenvalue weighted by Crippen LogP contribution is 2.50. The Morgan fingerprint density at radius 1 is 1.02 bits per heavy atom. The number of cyclic esters (lactones) is 1. The van der Waals surface area contributed by atoms with E-state index >= 15 is 0 Å². The third-order valence-corrected chi connectivity index (χ3v) is 9.14. The van der Waals surface area contributed by atoms with E-state index in [1.54, 1.807) is 6.07 Å². The van der Waals surface area contributed by atoms with E-state index in [1.165, 1.54) is 18.9 Å². The number of carboxylic acids is 1. The third-order valence-electron chi connectivity index (χ3n) is 9.14. The van der Waals surface area contributed by atoms with Crippen LogP contribution in [0.25, 0.3) is 11.1 Å². The largest absolute Gasteiger partial charge is 0.496 e. The molecule has 6 rings (SSSR count). The standard InChI is InChI=1S/C33H31F6N3O5/c1-16-9-27(41-7-4-8-41)40-25(28(16)24-12-18(5-6-26(24)46-3)22-14-23(22)30(43)44)15-42-17(2)29(47-31(42)45)19-10-20(32(34,35)36)13-21(11-19)33(37,38)39/h5-6,9-13,17,22-23,29H,4,7-8,14-15H2,1-3H3,(H,43,44)/t17-,22-,23+,29-/m0/s1. The van der Waals surface area contributed by atoms with Crippen molar-refractivity contribution < 1.29 is 50.5 Å². The van der Waals surface area contributed by atoms with Crippen molar-refractivity contribution in [1.29, 1.82) is 0 Å². The molecule has 8 nitrogen and oxygen atoms in total. The number of aliphatic carboxylic acids is 1. The number of alkyl halides is 6. The predicted octanol–water partition coefficient (Wildman–Crippen LogP) is 7.58. The van der Waals surface area contributed by atoms with E-state index in [0.29, 0.717) is 46.9 Å². The predicted molar refractivity (Wildman–Crippen MR) is 157 cm³/mol. The van der Waals surface area contributed by atoms with E-state index < -0.39 is 59.2 Å². The number of carbonyl (C=O) groups is 2. The zero-order chi connectivity index (χ0) is 34.0. The number of carboxylic acid groups (broad SMARTS) is 1. The van der Waals surface area contributed by atoms with Crippen molar-refractivity contribution in [1.82, 2.24) is 9.88 Å². The van der Waals surface area contributed by atoms with E-state index in [2.05, 4.69) is 0 Å². The second kappa shape index (κ2) is 11.6. The Morgan fingerprint density at radius 3 is 2.21 bits per heavy atom. The van der Waals surface area contributed by atoms with Gasteiger partial charge in [0.25, 0.3) is 0 Å². The molecule has 3 aromatic rings. The average molecular weight is 664 g/mol. The lowest BCUT2D eigenvalue weighted by Gasteiger charge is -2.33. The Morgan fingerprint density at radius 2 is 1.68 bits per heavy atom. The lowest BCUT2D eigenvalue weighted by molar-refractivity contribution is -0.143. The van der Waals surface area contributed by atoms with Gasteiger partial charge in [-0.05, 0) is 85.7 Å². The average Bonchev–Trinajstić information content (AvgIpc) is 3.72. The Labute approximate surface area is 265 Å². The van der Waals surface area contributed by atoms with Crippen LogP contribution < -0.4 is 9.64 Å². The number of hydrogen-bond acceptors (Lipinski definition) is 6. The zero-order valence-corrected chi connectivity index (χ0v) is 25.6. The highest BCUT2D eigenvalue weighted by molar-refractivity contribution is 5.80. The first-order chi connectivity index (χ1) is 22.1. The topological polar surface area (TPSA) is 92.2 Å². The smallest absolute Gasteiger partial charge is 0.416 e. The maximum atomic E-state index is 13.6. The van der Waals surface area contributed by atoms with Crippen LogP contribution >= 0.6 is 0 Å². The first-order valence-corrected chi connectivity index (χ1v) is 15.0. The highest BCUT2D eigenvalue weighted by Gasteiger charge is 2.45. The quantitative estimate of drug-likeness (QED) is 0.249. The molecule has 2 aliphatic heterocycles. The fourth-order valence-electron chi connectivity index (χ4n) is 6.36. The van der Waals surface area contributed by atoms with E-state index in [4.69, 9.17) is 14.5 Å². The van der Waals surface area contributed by atoms with Gasteiger partial charge in [0, 0.05) is 24.2 Å². The number of halogens is 6. The van der Waals surface area contributed by atoms with Gasteiger partial charge in [0.15, 0.2) is 0 Å². The number of nitrogens with zero attached hydrogens (tertiary/aromatic N) is 3. The Hall–Kier alpha value is -4.49. The number of carbonyl (C=O) groups excluding carboxylic acids is 1. The van der Waals surface area contributed by atoms with Crippen LogP contribution in [0.2, 0.25) is 0 Å². The molecule has 3 aliphatic rings. The first-order valence-electron chi connectivity index (χ1n) is 15.0. The molecule has 0 spiro atoms. The molecule has 14 heteroatoms. The number of rotatable bonds is 8. The molecule has 47 heavy (non-hydrogen) atoms. The minimum absolute atomic E-state index is 0.0325. The third kappa shape index (κ3) is 6.17. The lowest BCUT2D eigenvalue weighted by Crippen LogP contribution is -2.38. The summed E-state index contributed by atoms with van der Waals surface area (Å²) in [6.07, 6.45) is -11.0. The van der Waals surface area contributed by atoms with E-state index in [1.807, 2.05) is 30.0 Å². The summed E-state index contributed by atoms with van der Waals surface area (Å²) in [5.74, 6) is -0.445. The van der Waals surface area contributed by atoms with Gasteiger partial charge in [0.05, 0.1) is 42.4 Å². The van der Waals surface area contributed by atoms with Gasteiger partial charge in [0.2, 0.25) is 0 Å². The number of hydrogen-bond donors (Lipinski definition) is 1. The lowest BCUT2D eigenvalue weighted by atomic mass is 9.93. The summed E-state index contributed by atoms with van der Waals surface area (Å²) in [5.41, 5.74) is -0.217. The number of methoxy groups -OCH3 is 1. The van der Waals surface area contributed by atoms with E-state index in [-0.39, 0.29) is 18.5 Å². The number of pyridine rings is 1. The highest BCUT2D eigenvalue weighted by atomic mass is 19.4. The van der Waals surface area contributed by atoms with Gasteiger partial charge in [-0.25, -0.2) is 9.78 Å². The first kappa shape index (κ1) is 32.5. The Kier molecular flexibility index (Phi) is 8.03. The Balaban J connectivity index is 1.40. The minimum Gasteiger partial charge on any atom is -0.496 e.